The molecule has 0 radical (unpaired) electrons. The molecule has 7 nitrogen and oxygen atoms in total. The number of urea groups is 1. The molecule has 1 aliphatic carbocycles. The Morgan fingerprint density at radius 1 is 1.00 bits per heavy atom. The van der Waals surface area contributed by atoms with Crippen molar-refractivity contribution in [1.29, 1.82) is 0 Å². The first kappa shape index (κ1) is 19.1. The van der Waals surface area contributed by atoms with Gasteiger partial charge in [0, 0.05) is 18.0 Å². The molecule has 1 aromatic heterocycles. The summed E-state index contributed by atoms with van der Waals surface area (Å²) in [4.78, 5) is 51.4. The van der Waals surface area contributed by atoms with E-state index in [1.165, 1.54) is 11.6 Å². The number of benzene rings is 1. The number of hydrogen-bond acceptors (Lipinski definition) is 5. The van der Waals surface area contributed by atoms with Crippen LogP contribution in [-0.2, 0) is 16.1 Å². The van der Waals surface area contributed by atoms with E-state index in [1.807, 2.05) is 13.0 Å². The van der Waals surface area contributed by atoms with Crippen molar-refractivity contribution in [3.05, 3.63) is 57.5 Å². The van der Waals surface area contributed by atoms with Crippen LogP contribution in [0.3, 0.4) is 0 Å². The molecule has 4 amide bonds. The molecule has 7 heteroatoms. The van der Waals surface area contributed by atoms with Gasteiger partial charge in [0.15, 0.2) is 0 Å². The first-order chi connectivity index (χ1) is 13.9. The Kier molecular flexibility index (Phi) is 5.05. The van der Waals surface area contributed by atoms with Gasteiger partial charge in [-0.25, -0.2) is 9.59 Å². The third-order valence-electron chi connectivity index (χ3n) is 5.49. The Hall–Kier alpha value is -3.22. The van der Waals surface area contributed by atoms with Crippen molar-refractivity contribution < 1.29 is 18.8 Å². The molecule has 0 saturated carbocycles. The number of carbonyl (C=O) groups excluding carboxylic acids is 3. The van der Waals surface area contributed by atoms with E-state index in [4.69, 9.17) is 4.42 Å². The van der Waals surface area contributed by atoms with Gasteiger partial charge < -0.3 is 4.42 Å². The van der Waals surface area contributed by atoms with Crippen molar-refractivity contribution in [3.63, 3.8) is 0 Å². The fraction of sp³-hybridized carbons (Fsp3) is 0.364. The number of aryl methyl sites for hydroxylation is 1. The lowest BCUT2D eigenvalue weighted by atomic mass is 9.97. The maximum Gasteiger partial charge on any atom is 0.336 e. The van der Waals surface area contributed by atoms with E-state index in [1.54, 1.807) is 12.1 Å². The van der Waals surface area contributed by atoms with Gasteiger partial charge in [0.2, 0.25) is 0 Å². The Morgan fingerprint density at radius 2 is 1.79 bits per heavy atom. The third kappa shape index (κ3) is 3.72. The Labute approximate surface area is 167 Å². The quantitative estimate of drug-likeness (QED) is 0.336. The third-order valence-corrected chi connectivity index (χ3v) is 5.49. The minimum Gasteiger partial charge on any atom is -0.423 e. The van der Waals surface area contributed by atoms with Gasteiger partial charge in [-0.3, -0.25) is 19.4 Å². The average Bonchev–Trinajstić information content (AvgIpc) is 2.90. The topological polar surface area (TPSA) is 87.9 Å². The summed E-state index contributed by atoms with van der Waals surface area (Å²) < 4.78 is 5.22. The second kappa shape index (κ2) is 7.66. The first-order valence-corrected chi connectivity index (χ1v) is 9.82. The lowest BCUT2D eigenvalue weighted by Crippen LogP contribution is -2.34. The molecule has 0 unspecified atom stereocenters. The maximum atomic E-state index is 12.8. The van der Waals surface area contributed by atoms with Gasteiger partial charge in [-0.15, -0.1) is 0 Å². The molecule has 29 heavy (non-hydrogen) atoms. The average molecular weight is 394 g/mol. The maximum absolute atomic E-state index is 12.8. The van der Waals surface area contributed by atoms with Gasteiger partial charge in [0.25, 0.3) is 0 Å². The summed E-state index contributed by atoms with van der Waals surface area (Å²) in [5.41, 5.74) is 2.44. The van der Waals surface area contributed by atoms with Crippen molar-refractivity contribution in [2.75, 3.05) is 6.54 Å². The monoisotopic (exact) mass is 394 g/mol. The van der Waals surface area contributed by atoms with Gasteiger partial charge in [-0.05, 0) is 56.2 Å². The zero-order chi connectivity index (χ0) is 20.5. The molecule has 1 saturated heterocycles. The molecule has 2 aromatic rings. The number of hydrogen-bond donors (Lipinski definition) is 0. The van der Waals surface area contributed by atoms with E-state index in [2.05, 4.69) is 6.08 Å². The van der Waals surface area contributed by atoms with Crippen molar-refractivity contribution >= 4 is 28.8 Å². The van der Waals surface area contributed by atoms with Crippen LogP contribution >= 0.6 is 0 Å². The molecule has 0 atom stereocenters. The van der Waals surface area contributed by atoms with Gasteiger partial charge in [0.05, 0.1) is 6.54 Å². The van der Waals surface area contributed by atoms with Crippen LogP contribution in [0.1, 0.15) is 43.2 Å². The predicted octanol–water partition coefficient (Wildman–Crippen LogP) is 3.28. The number of carbonyl (C=O) groups is 3. The molecule has 1 aromatic carbocycles. The number of imide groups is 2. The highest BCUT2D eigenvalue weighted by atomic mass is 16.4. The van der Waals surface area contributed by atoms with Gasteiger partial charge in [0.1, 0.15) is 5.58 Å². The summed E-state index contributed by atoms with van der Waals surface area (Å²) in [7, 11) is 0. The Bertz CT molecular complexity index is 1100. The molecule has 1 fully saturated rings. The number of rotatable bonds is 5. The molecule has 0 N–H and O–H groups in total. The Balaban J connectivity index is 1.56. The molecule has 1 aliphatic heterocycles. The molecule has 0 bridgehead atoms. The number of fused-ring (bicyclic) bond motifs is 1. The number of nitrogens with zero attached hydrogens (tertiary/aromatic N) is 2. The highest BCUT2D eigenvalue weighted by Gasteiger charge is 2.44. The zero-order valence-corrected chi connectivity index (χ0v) is 16.3. The smallest absolute Gasteiger partial charge is 0.336 e. The largest absolute Gasteiger partial charge is 0.423 e. The van der Waals surface area contributed by atoms with Crippen LogP contribution in [0.5, 0.6) is 0 Å². The number of amides is 4. The summed E-state index contributed by atoms with van der Waals surface area (Å²) in [6.45, 7) is 1.92. The lowest BCUT2D eigenvalue weighted by molar-refractivity contribution is -0.143. The minimum absolute atomic E-state index is 0.145. The highest BCUT2D eigenvalue weighted by molar-refractivity contribution is 6.44. The summed E-state index contributed by atoms with van der Waals surface area (Å²) in [5, 5.41) is 0.633. The van der Waals surface area contributed by atoms with Crippen LogP contribution in [-0.4, -0.2) is 34.2 Å². The predicted molar refractivity (Wildman–Crippen MR) is 106 cm³/mol. The van der Waals surface area contributed by atoms with Gasteiger partial charge in [-0.1, -0.05) is 23.8 Å². The molecular weight excluding hydrogens is 372 g/mol. The standard InChI is InChI=1S/C22H22N2O5/c1-14-7-8-17-16(12-19(25)29-18(17)11-14)13-24-21(27)20(26)23(22(24)28)10-9-15-5-3-2-4-6-15/h5,7-8,11-12H,2-4,6,9-10,13H2,1H3. The minimum atomic E-state index is -0.860. The van der Waals surface area contributed by atoms with Crippen LogP contribution in [0.4, 0.5) is 4.79 Å². The Morgan fingerprint density at radius 3 is 2.55 bits per heavy atom. The molecular formula is C22H22N2O5. The SMILES string of the molecule is Cc1ccc2c(CN3C(=O)C(=O)N(CCC4=CCCCC4)C3=O)cc(=O)oc2c1. The highest BCUT2D eigenvalue weighted by Crippen LogP contribution is 2.24. The van der Waals surface area contributed by atoms with Crippen molar-refractivity contribution in [1.82, 2.24) is 9.80 Å². The molecule has 2 heterocycles. The van der Waals surface area contributed by atoms with E-state index in [0.717, 1.165) is 41.0 Å². The summed E-state index contributed by atoms with van der Waals surface area (Å²) >= 11 is 0. The van der Waals surface area contributed by atoms with E-state index in [-0.39, 0.29) is 13.1 Å². The van der Waals surface area contributed by atoms with E-state index >= 15 is 0 Å². The van der Waals surface area contributed by atoms with Crippen molar-refractivity contribution in [2.24, 2.45) is 0 Å². The first-order valence-electron chi connectivity index (χ1n) is 9.82. The van der Waals surface area contributed by atoms with E-state index < -0.39 is 23.5 Å². The van der Waals surface area contributed by atoms with Crippen LogP contribution in [0.2, 0.25) is 0 Å². The fourth-order valence-electron chi connectivity index (χ4n) is 3.91. The fourth-order valence-corrected chi connectivity index (χ4v) is 3.91. The molecule has 0 spiro atoms. The van der Waals surface area contributed by atoms with Gasteiger partial charge >= 0.3 is 23.5 Å². The van der Waals surface area contributed by atoms with Gasteiger partial charge in [-0.2, -0.15) is 0 Å². The summed E-state index contributed by atoms with van der Waals surface area (Å²) in [5.74, 6) is -1.67. The molecule has 2 aliphatic rings. The van der Waals surface area contributed by atoms with Crippen LogP contribution in [0.15, 0.2) is 45.1 Å². The van der Waals surface area contributed by atoms with E-state index in [9.17, 15) is 19.2 Å². The lowest BCUT2D eigenvalue weighted by Gasteiger charge is -2.18. The summed E-state index contributed by atoms with van der Waals surface area (Å²) in [6, 6.07) is 5.99. The zero-order valence-electron chi connectivity index (χ0n) is 16.3. The van der Waals surface area contributed by atoms with Crippen molar-refractivity contribution in [3.8, 4) is 0 Å². The normalized spacial score (nSPS) is 17.4. The van der Waals surface area contributed by atoms with Crippen LogP contribution in [0.25, 0.3) is 11.0 Å². The second-order valence-corrected chi connectivity index (χ2v) is 7.58. The molecule has 4 rings (SSSR count). The number of allylic oxidation sites excluding steroid dienone is 1. The van der Waals surface area contributed by atoms with Crippen LogP contribution in [0, 0.1) is 6.92 Å². The second-order valence-electron chi connectivity index (χ2n) is 7.58. The van der Waals surface area contributed by atoms with E-state index in [0.29, 0.717) is 23.0 Å². The van der Waals surface area contributed by atoms with Crippen molar-refractivity contribution in [2.45, 2.75) is 45.6 Å². The molecule has 150 valence electrons. The summed E-state index contributed by atoms with van der Waals surface area (Å²) in [6.07, 6.45) is 7.02. The van der Waals surface area contributed by atoms with Crippen LogP contribution < -0.4 is 5.63 Å².